The second kappa shape index (κ2) is 6.89. The molecule has 8 heteroatoms. The standard InChI is InChI=1S/C14H21N5O2S/c1-4-5-11-7-15-13(22-11)18-12(20)16-9-14(2,21)10-6-17-19(3)8-10/h6-8,21H,4-5,9H2,1-3H3,(H2,15,16,18,20). The zero-order valence-corrected chi connectivity index (χ0v) is 13.8. The fourth-order valence-electron chi connectivity index (χ4n) is 1.92. The van der Waals surface area contributed by atoms with Crippen LogP contribution >= 0.6 is 11.3 Å². The van der Waals surface area contributed by atoms with Crippen LogP contribution in [0.4, 0.5) is 9.93 Å². The molecule has 2 heterocycles. The molecule has 0 spiro atoms. The summed E-state index contributed by atoms with van der Waals surface area (Å²) in [7, 11) is 1.77. The first-order valence-corrected chi connectivity index (χ1v) is 7.93. The van der Waals surface area contributed by atoms with Gasteiger partial charge < -0.3 is 10.4 Å². The highest BCUT2D eigenvalue weighted by molar-refractivity contribution is 7.15. The molecule has 2 rings (SSSR count). The van der Waals surface area contributed by atoms with Crippen molar-refractivity contribution in [3.8, 4) is 0 Å². The number of aliphatic hydroxyl groups is 1. The summed E-state index contributed by atoms with van der Waals surface area (Å²) < 4.78 is 1.61. The summed E-state index contributed by atoms with van der Waals surface area (Å²) >= 11 is 1.46. The number of carbonyl (C=O) groups excluding carboxylic acids is 1. The number of rotatable bonds is 6. The Bertz CT molecular complexity index is 635. The Morgan fingerprint density at radius 2 is 2.27 bits per heavy atom. The lowest BCUT2D eigenvalue weighted by atomic mass is 10.00. The summed E-state index contributed by atoms with van der Waals surface area (Å²) in [6, 6.07) is -0.387. The molecule has 2 amide bonds. The Labute approximate surface area is 133 Å². The van der Waals surface area contributed by atoms with E-state index < -0.39 is 5.60 Å². The molecule has 22 heavy (non-hydrogen) atoms. The Kier molecular flexibility index (Phi) is 5.15. The van der Waals surface area contributed by atoms with Crippen molar-refractivity contribution in [3.05, 3.63) is 29.0 Å². The molecule has 120 valence electrons. The number of aromatic nitrogens is 3. The number of hydrogen-bond acceptors (Lipinski definition) is 5. The Morgan fingerprint density at radius 3 is 2.91 bits per heavy atom. The Morgan fingerprint density at radius 1 is 1.50 bits per heavy atom. The van der Waals surface area contributed by atoms with Crippen molar-refractivity contribution in [2.75, 3.05) is 11.9 Å². The van der Waals surface area contributed by atoms with Gasteiger partial charge in [0.05, 0.1) is 12.7 Å². The highest BCUT2D eigenvalue weighted by Crippen LogP contribution is 2.20. The van der Waals surface area contributed by atoms with Crippen LogP contribution in [-0.4, -0.2) is 32.4 Å². The third kappa shape index (κ3) is 4.28. The number of urea groups is 1. The van der Waals surface area contributed by atoms with Gasteiger partial charge in [-0.25, -0.2) is 9.78 Å². The van der Waals surface area contributed by atoms with Gasteiger partial charge in [-0.2, -0.15) is 5.10 Å². The lowest BCUT2D eigenvalue weighted by molar-refractivity contribution is 0.0599. The van der Waals surface area contributed by atoms with E-state index in [2.05, 4.69) is 27.6 Å². The molecular formula is C14H21N5O2S. The summed E-state index contributed by atoms with van der Waals surface area (Å²) in [5.41, 5.74) is -0.531. The molecule has 3 N–H and O–H groups in total. The van der Waals surface area contributed by atoms with Gasteiger partial charge in [0, 0.05) is 29.9 Å². The molecule has 2 aromatic rings. The van der Waals surface area contributed by atoms with Gasteiger partial charge in [-0.15, -0.1) is 11.3 Å². The fraction of sp³-hybridized carbons (Fsp3) is 0.500. The number of anilines is 1. The van der Waals surface area contributed by atoms with E-state index in [4.69, 9.17) is 0 Å². The first-order chi connectivity index (χ1) is 10.4. The Hall–Kier alpha value is -1.93. The van der Waals surface area contributed by atoms with E-state index in [0.717, 1.165) is 17.7 Å². The molecule has 1 atom stereocenters. The number of carbonyl (C=O) groups is 1. The number of nitrogens with one attached hydrogen (secondary N) is 2. The van der Waals surface area contributed by atoms with Crippen LogP contribution < -0.4 is 10.6 Å². The van der Waals surface area contributed by atoms with E-state index in [9.17, 15) is 9.90 Å². The lowest BCUT2D eigenvalue weighted by Gasteiger charge is -2.22. The number of hydrogen-bond donors (Lipinski definition) is 3. The number of aryl methyl sites for hydroxylation is 2. The maximum atomic E-state index is 11.9. The average Bonchev–Trinajstić information content (AvgIpc) is 3.07. The van der Waals surface area contributed by atoms with E-state index in [1.54, 1.807) is 37.2 Å². The van der Waals surface area contributed by atoms with Gasteiger partial charge in [-0.1, -0.05) is 13.3 Å². The maximum Gasteiger partial charge on any atom is 0.321 e. The van der Waals surface area contributed by atoms with Gasteiger partial charge in [0.25, 0.3) is 0 Å². The van der Waals surface area contributed by atoms with Crippen LogP contribution in [0.3, 0.4) is 0 Å². The predicted octanol–water partition coefficient (Wildman–Crippen LogP) is 1.86. The van der Waals surface area contributed by atoms with Crippen molar-refractivity contribution in [2.45, 2.75) is 32.3 Å². The second-order valence-corrected chi connectivity index (χ2v) is 6.48. The van der Waals surface area contributed by atoms with E-state index in [1.807, 2.05) is 0 Å². The molecule has 0 bridgehead atoms. The zero-order valence-electron chi connectivity index (χ0n) is 13.0. The van der Waals surface area contributed by atoms with Crippen molar-refractivity contribution in [3.63, 3.8) is 0 Å². The topological polar surface area (TPSA) is 92.1 Å². The van der Waals surface area contributed by atoms with Gasteiger partial charge in [0.2, 0.25) is 0 Å². The molecule has 0 aliphatic heterocycles. The largest absolute Gasteiger partial charge is 0.383 e. The first kappa shape index (κ1) is 16.4. The van der Waals surface area contributed by atoms with Crippen molar-refractivity contribution in [1.29, 1.82) is 0 Å². The molecule has 0 aliphatic rings. The Balaban J connectivity index is 1.86. The molecule has 0 saturated carbocycles. The predicted molar refractivity (Wildman–Crippen MR) is 85.9 cm³/mol. The van der Waals surface area contributed by atoms with Crippen molar-refractivity contribution < 1.29 is 9.90 Å². The number of nitrogens with zero attached hydrogens (tertiary/aromatic N) is 3. The van der Waals surface area contributed by atoms with Crippen LogP contribution in [-0.2, 0) is 19.1 Å². The summed E-state index contributed by atoms with van der Waals surface area (Å²) in [6.07, 6.45) is 7.07. The fourth-order valence-corrected chi connectivity index (χ4v) is 2.83. The molecule has 1 unspecified atom stereocenters. The van der Waals surface area contributed by atoms with E-state index >= 15 is 0 Å². The van der Waals surface area contributed by atoms with Crippen molar-refractivity contribution in [2.24, 2.45) is 7.05 Å². The van der Waals surface area contributed by atoms with E-state index in [0.29, 0.717) is 10.7 Å². The molecule has 0 aromatic carbocycles. The highest BCUT2D eigenvalue weighted by Gasteiger charge is 2.25. The monoisotopic (exact) mass is 323 g/mol. The summed E-state index contributed by atoms with van der Waals surface area (Å²) in [5, 5.41) is 20.3. The van der Waals surface area contributed by atoms with Gasteiger partial charge in [-0.05, 0) is 13.3 Å². The highest BCUT2D eigenvalue weighted by atomic mass is 32.1. The third-order valence-corrected chi connectivity index (χ3v) is 4.16. The molecular weight excluding hydrogens is 302 g/mol. The van der Waals surface area contributed by atoms with Gasteiger partial charge in [0.15, 0.2) is 5.13 Å². The van der Waals surface area contributed by atoms with Crippen LogP contribution in [0.5, 0.6) is 0 Å². The van der Waals surface area contributed by atoms with Crippen molar-refractivity contribution >= 4 is 22.5 Å². The zero-order chi connectivity index (χ0) is 16.2. The summed E-state index contributed by atoms with van der Waals surface area (Å²) in [6.45, 7) is 3.81. The molecule has 2 aromatic heterocycles. The average molecular weight is 323 g/mol. The minimum absolute atomic E-state index is 0.0811. The van der Waals surface area contributed by atoms with Crippen LogP contribution in [0.25, 0.3) is 0 Å². The lowest BCUT2D eigenvalue weighted by Crippen LogP contribution is -2.40. The smallest absolute Gasteiger partial charge is 0.321 e. The summed E-state index contributed by atoms with van der Waals surface area (Å²) in [4.78, 5) is 17.2. The molecule has 7 nitrogen and oxygen atoms in total. The molecule has 0 radical (unpaired) electrons. The van der Waals surface area contributed by atoms with Crippen LogP contribution in [0.2, 0.25) is 0 Å². The van der Waals surface area contributed by atoms with Crippen LogP contribution in [0.15, 0.2) is 18.6 Å². The number of thiazole rings is 1. The van der Waals surface area contributed by atoms with Crippen LogP contribution in [0.1, 0.15) is 30.7 Å². The first-order valence-electron chi connectivity index (χ1n) is 7.12. The maximum absolute atomic E-state index is 11.9. The van der Waals surface area contributed by atoms with Gasteiger partial charge >= 0.3 is 6.03 Å². The minimum atomic E-state index is -1.18. The summed E-state index contributed by atoms with van der Waals surface area (Å²) in [5.74, 6) is 0. The number of amides is 2. The SMILES string of the molecule is CCCc1cnc(NC(=O)NCC(C)(O)c2cnn(C)c2)s1. The van der Waals surface area contributed by atoms with E-state index in [1.165, 1.54) is 11.3 Å². The van der Waals surface area contributed by atoms with Crippen molar-refractivity contribution in [1.82, 2.24) is 20.1 Å². The van der Waals surface area contributed by atoms with Crippen LogP contribution in [0, 0.1) is 0 Å². The molecule has 0 fully saturated rings. The quantitative estimate of drug-likeness (QED) is 0.756. The normalized spacial score (nSPS) is 13.6. The minimum Gasteiger partial charge on any atom is -0.383 e. The molecule has 0 saturated heterocycles. The van der Waals surface area contributed by atoms with Gasteiger partial charge in [-0.3, -0.25) is 10.00 Å². The molecule has 0 aliphatic carbocycles. The van der Waals surface area contributed by atoms with E-state index in [-0.39, 0.29) is 12.6 Å². The second-order valence-electron chi connectivity index (χ2n) is 5.37. The third-order valence-electron chi connectivity index (χ3n) is 3.19. The van der Waals surface area contributed by atoms with Gasteiger partial charge in [0.1, 0.15) is 5.60 Å².